The van der Waals surface area contributed by atoms with Crippen molar-refractivity contribution in [2.75, 3.05) is 32.4 Å². The van der Waals surface area contributed by atoms with E-state index in [4.69, 9.17) is 0 Å². The molecule has 0 spiro atoms. The van der Waals surface area contributed by atoms with Gasteiger partial charge in [0.1, 0.15) is 0 Å². The first-order valence-electron chi connectivity index (χ1n) is 11.1. The minimum absolute atomic E-state index is 0.0561. The van der Waals surface area contributed by atoms with E-state index in [0.717, 1.165) is 44.8 Å². The molecule has 162 valence electrons. The smallest absolute Gasteiger partial charge is 0.317 e. The molecule has 6 heteroatoms. The lowest BCUT2D eigenvalue weighted by molar-refractivity contribution is 0.110. The first kappa shape index (κ1) is 21.3. The van der Waals surface area contributed by atoms with Gasteiger partial charge in [-0.05, 0) is 50.1 Å². The largest absolute Gasteiger partial charge is 0.357 e. The predicted molar refractivity (Wildman–Crippen MR) is 127 cm³/mol. The first-order chi connectivity index (χ1) is 14.6. The number of likely N-dealkylation sites (tertiary alicyclic amines) is 1. The van der Waals surface area contributed by atoms with E-state index in [1.165, 1.54) is 27.7 Å². The summed E-state index contributed by atoms with van der Waals surface area (Å²) in [4.78, 5) is 20.8. The van der Waals surface area contributed by atoms with Crippen LogP contribution in [0.5, 0.6) is 0 Å². The van der Waals surface area contributed by atoms with Crippen molar-refractivity contribution in [3.8, 4) is 0 Å². The van der Waals surface area contributed by atoms with Gasteiger partial charge >= 0.3 is 6.03 Å². The molecule has 2 amide bonds. The lowest BCUT2D eigenvalue weighted by Crippen LogP contribution is -2.57. The second kappa shape index (κ2) is 9.06. The minimum Gasteiger partial charge on any atom is -0.357 e. The van der Waals surface area contributed by atoms with Gasteiger partial charge in [-0.3, -0.25) is 4.90 Å². The molecule has 1 saturated heterocycles. The maximum Gasteiger partial charge on any atom is 0.317 e. The summed E-state index contributed by atoms with van der Waals surface area (Å²) in [5, 5.41) is 4.75. The summed E-state index contributed by atoms with van der Waals surface area (Å²) in [6.45, 7) is 11.3. The average Bonchev–Trinajstić information content (AvgIpc) is 3.09. The van der Waals surface area contributed by atoms with E-state index in [9.17, 15) is 4.79 Å². The number of thioether (sulfide) groups is 1. The standard InChI is InChI=1S/C24H34N4OS/c1-5-11-28-14-16(25-24(29)27(6-2)7-3)12-18-17-9-8-10-20-23(17)19(13-22(18)28)21(26-20)15-30-4/h5,8-10,16,18,22,26H,1,6-7,11-15H2,2-4H3,(H,25,29)/t16-,18+,22+/m0/s1. The molecule has 0 radical (unpaired) electrons. The number of rotatable bonds is 7. The molecule has 2 N–H and O–H groups in total. The van der Waals surface area contributed by atoms with E-state index in [1.54, 1.807) is 0 Å². The Morgan fingerprint density at radius 1 is 1.40 bits per heavy atom. The number of fused-ring (bicyclic) bond motifs is 2. The molecule has 0 unspecified atom stereocenters. The third kappa shape index (κ3) is 3.76. The first-order valence-corrected chi connectivity index (χ1v) is 12.5. The minimum atomic E-state index is 0.0561. The third-order valence-electron chi connectivity index (χ3n) is 6.82. The SMILES string of the molecule is C=CCN1C[C@@H](NC(=O)N(CC)CC)C[C@@H]2c3cccc4[nH]c(CSC)c(c34)C[C@H]21. The lowest BCUT2D eigenvalue weighted by atomic mass is 9.73. The summed E-state index contributed by atoms with van der Waals surface area (Å²) in [7, 11) is 0. The van der Waals surface area contributed by atoms with Gasteiger partial charge in [-0.15, -0.1) is 6.58 Å². The molecule has 1 aromatic heterocycles. The highest BCUT2D eigenvalue weighted by molar-refractivity contribution is 7.97. The molecule has 2 heterocycles. The number of urea groups is 1. The Bertz CT molecular complexity index is 919. The number of benzene rings is 1. The number of amides is 2. The van der Waals surface area contributed by atoms with Crippen LogP contribution in [0.4, 0.5) is 4.79 Å². The van der Waals surface area contributed by atoms with Crippen LogP contribution in [0, 0.1) is 0 Å². The molecule has 0 saturated carbocycles. The van der Waals surface area contributed by atoms with Gasteiger partial charge in [-0.1, -0.05) is 18.2 Å². The fourth-order valence-corrected chi connectivity index (χ4v) is 6.02. The van der Waals surface area contributed by atoms with Crippen LogP contribution in [0.25, 0.3) is 10.9 Å². The van der Waals surface area contributed by atoms with E-state index in [0.29, 0.717) is 12.0 Å². The van der Waals surface area contributed by atoms with Gasteiger partial charge in [-0.25, -0.2) is 4.79 Å². The van der Waals surface area contributed by atoms with Crippen molar-refractivity contribution in [1.29, 1.82) is 0 Å². The molecule has 2 aliphatic rings. The molecular formula is C24H34N4OS. The van der Waals surface area contributed by atoms with Crippen LogP contribution in [0.3, 0.4) is 0 Å². The van der Waals surface area contributed by atoms with Gasteiger partial charge in [0.25, 0.3) is 0 Å². The summed E-state index contributed by atoms with van der Waals surface area (Å²) in [6.07, 6.45) is 6.23. The van der Waals surface area contributed by atoms with E-state index in [2.05, 4.69) is 46.2 Å². The Hall–Kier alpha value is -1.92. The number of nitrogens with one attached hydrogen (secondary N) is 2. The van der Waals surface area contributed by atoms with E-state index < -0.39 is 0 Å². The summed E-state index contributed by atoms with van der Waals surface area (Å²) >= 11 is 1.87. The van der Waals surface area contributed by atoms with Gasteiger partial charge in [0.05, 0.1) is 0 Å². The molecule has 2 aromatic rings. The lowest BCUT2D eigenvalue weighted by Gasteiger charge is -2.47. The molecule has 1 fully saturated rings. The Morgan fingerprint density at radius 2 is 2.20 bits per heavy atom. The highest BCUT2D eigenvalue weighted by Gasteiger charge is 2.41. The number of hydrogen-bond donors (Lipinski definition) is 2. The maximum atomic E-state index is 12.7. The number of nitrogens with zero attached hydrogens (tertiary/aromatic N) is 2. The highest BCUT2D eigenvalue weighted by atomic mass is 32.2. The molecule has 1 aliphatic carbocycles. The quantitative estimate of drug-likeness (QED) is 0.647. The van der Waals surface area contributed by atoms with Crippen molar-refractivity contribution in [2.45, 2.75) is 50.4 Å². The van der Waals surface area contributed by atoms with Gasteiger partial charge in [0.2, 0.25) is 0 Å². The van der Waals surface area contributed by atoms with Crippen LogP contribution in [-0.4, -0.2) is 65.3 Å². The normalized spacial score (nSPS) is 23.2. The van der Waals surface area contributed by atoms with Crippen LogP contribution < -0.4 is 5.32 Å². The highest BCUT2D eigenvalue weighted by Crippen LogP contribution is 2.45. The average molecular weight is 427 g/mol. The summed E-state index contributed by atoms with van der Waals surface area (Å²) in [5.41, 5.74) is 5.57. The van der Waals surface area contributed by atoms with Crippen molar-refractivity contribution >= 4 is 28.7 Å². The number of carbonyl (C=O) groups excluding carboxylic acids is 1. The van der Waals surface area contributed by atoms with Crippen LogP contribution in [-0.2, 0) is 12.2 Å². The van der Waals surface area contributed by atoms with E-state index in [1.807, 2.05) is 36.6 Å². The number of H-pyrrole nitrogens is 1. The number of carbonyl (C=O) groups is 1. The molecular weight excluding hydrogens is 392 g/mol. The third-order valence-corrected chi connectivity index (χ3v) is 7.40. The molecule has 4 rings (SSSR count). The molecule has 5 nitrogen and oxygen atoms in total. The topological polar surface area (TPSA) is 51.4 Å². The predicted octanol–water partition coefficient (Wildman–Crippen LogP) is 4.35. The number of piperidine rings is 1. The zero-order chi connectivity index (χ0) is 21.3. The van der Waals surface area contributed by atoms with Crippen LogP contribution >= 0.6 is 11.8 Å². The van der Waals surface area contributed by atoms with Crippen molar-refractivity contribution in [3.05, 3.63) is 47.7 Å². The fraction of sp³-hybridized carbons (Fsp3) is 0.542. The van der Waals surface area contributed by atoms with E-state index in [-0.39, 0.29) is 12.1 Å². The number of aromatic nitrogens is 1. The molecule has 1 aromatic carbocycles. The van der Waals surface area contributed by atoms with Gasteiger partial charge < -0.3 is 15.2 Å². The second-order valence-corrected chi connectivity index (χ2v) is 9.33. The van der Waals surface area contributed by atoms with Gasteiger partial charge in [0, 0.05) is 66.5 Å². The fourth-order valence-electron chi connectivity index (χ4n) is 5.48. The van der Waals surface area contributed by atoms with Crippen LogP contribution in [0.1, 0.15) is 43.0 Å². The van der Waals surface area contributed by atoms with Crippen LogP contribution in [0.15, 0.2) is 30.9 Å². The number of aromatic amines is 1. The monoisotopic (exact) mass is 426 g/mol. The molecule has 1 aliphatic heterocycles. The van der Waals surface area contributed by atoms with Crippen molar-refractivity contribution in [3.63, 3.8) is 0 Å². The van der Waals surface area contributed by atoms with Crippen molar-refractivity contribution in [1.82, 2.24) is 20.1 Å². The number of hydrogen-bond acceptors (Lipinski definition) is 3. The second-order valence-electron chi connectivity index (χ2n) is 8.46. The van der Waals surface area contributed by atoms with Crippen LogP contribution in [0.2, 0.25) is 0 Å². The molecule has 30 heavy (non-hydrogen) atoms. The summed E-state index contributed by atoms with van der Waals surface area (Å²) < 4.78 is 0. The summed E-state index contributed by atoms with van der Waals surface area (Å²) in [6, 6.07) is 7.36. The van der Waals surface area contributed by atoms with E-state index >= 15 is 0 Å². The zero-order valence-corrected chi connectivity index (χ0v) is 19.2. The van der Waals surface area contributed by atoms with Crippen molar-refractivity contribution < 1.29 is 4.79 Å². The Labute approximate surface area is 184 Å². The van der Waals surface area contributed by atoms with Crippen molar-refractivity contribution in [2.24, 2.45) is 0 Å². The zero-order valence-electron chi connectivity index (χ0n) is 18.4. The Kier molecular flexibility index (Phi) is 6.44. The molecule has 0 bridgehead atoms. The Morgan fingerprint density at radius 3 is 2.90 bits per heavy atom. The summed E-state index contributed by atoms with van der Waals surface area (Å²) in [5.74, 6) is 1.44. The molecule has 3 atom stereocenters. The van der Waals surface area contributed by atoms with Gasteiger partial charge in [0.15, 0.2) is 0 Å². The Balaban J connectivity index is 1.68. The van der Waals surface area contributed by atoms with Gasteiger partial charge in [-0.2, -0.15) is 11.8 Å². The maximum absolute atomic E-state index is 12.7.